The molecule has 0 N–H and O–H groups in total. The molecule has 2 aromatic heterocycles. The van der Waals surface area contributed by atoms with Gasteiger partial charge >= 0.3 is 0 Å². The molecule has 1 aliphatic rings. The van der Waals surface area contributed by atoms with Crippen molar-refractivity contribution in [2.24, 2.45) is 0 Å². The van der Waals surface area contributed by atoms with Gasteiger partial charge in [0, 0.05) is 33.7 Å². The molecule has 8 aromatic carbocycles. The van der Waals surface area contributed by atoms with Crippen LogP contribution < -0.4 is 0 Å². The van der Waals surface area contributed by atoms with E-state index in [2.05, 4.69) is 179 Å². The molecule has 0 spiro atoms. The lowest BCUT2D eigenvalue weighted by Gasteiger charge is -2.13. The predicted molar refractivity (Wildman–Crippen MR) is 206 cm³/mol. The van der Waals surface area contributed by atoms with Crippen LogP contribution >= 0.6 is 0 Å². The van der Waals surface area contributed by atoms with E-state index in [4.69, 9.17) is 0 Å². The molecule has 11 rings (SSSR count). The quantitative estimate of drug-likeness (QED) is 0.186. The maximum Gasteiger partial charge on any atom is 0.0549 e. The van der Waals surface area contributed by atoms with Crippen LogP contribution in [-0.2, 0) is 6.42 Å². The Bertz CT molecular complexity index is 2950. The molecule has 49 heavy (non-hydrogen) atoms. The van der Waals surface area contributed by atoms with E-state index in [1.54, 1.807) is 0 Å². The van der Waals surface area contributed by atoms with Crippen molar-refractivity contribution in [2.45, 2.75) is 6.42 Å². The Morgan fingerprint density at radius 3 is 1.59 bits per heavy atom. The first-order valence-electron chi connectivity index (χ1n) is 17.1. The van der Waals surface area contributed by atoms with Gasteiger partial charge in [0.2, 0.25) is 0 Å². The van der Waals surface area contributed by atoms with Gasteiger partial charge in [0.25, 0.3) is 0 Å². The van der Waals surface area contributed by atoms with E-state index < -0.39 is 0 Å². The highest BCUT2D eigenvalue weighted by Gasteiger charge is 2.27. The van der Waals surface area contributed by atoms with Gasteiger partial charge in [-0.3, -0.25) is 0 Å². The second-order valence-electron chi connectivity index (χ2n) is 13.2. The smallest absolute Gasteiger partial charge is 0.0549 e. The molecule has 0 amide bonds. The normalized spacial score (nSPS) is 12.4. The summed E-state index contributed by atoms with van der Waals surface area (Å²) in [5, 5.41) is 7.75. The summed E-state index contributed by atoms with van der Waals surface area (Å²) in [6.45, 7) is 0. The Kier molecular flexibility index (Phi) is 5.47. The van der Waals surface area contributed by atoms with Gasteiger partial charge in [-0.2, -0.15) is 0 Å². The van der Waals surface area contributed by atoms with Crippen LogP contribution in [0.3, 0.4) is 0 Å². The van der Waals surface area contributed by atoms with Crippen molar-refractivity contribution in [3.8, 4) is 33.6 Å². The van der Waals surface area contributed by atoms with Gasteiger partial charge in [-0.05, 0) is 86.6 Å². The molecule has 0 radical (unpaired) electrons. The molecule has 0 unspecified atom stereocenters. The third-order valence-electron chi connectivity index (χ3n) is 10.8. The highest BCUT2D eigenvalue weighted by Crippen LogP contribution is 2.47. The topological polar surface area (TPSA) is 9.86 Å². The second kappa shape index (κ2) is 10.1. The molecule has 0 fully saturated rings. The van der Waals surface area contributed by atoms with Crippen LogP contribution in [0.5, 0.6) is 0 Å². The molecule has 1 aliphatic carbocycles. The lowest BCUT2D eigenvalue weighted by Crippen LogP contribution is -1.99. The second-order valence-corrected chi connectivity index (χ2v) is 13.2. The van der Waals surface area contributed by atoms with Crippen LogP contribution in [0, 0.1) is 0 Å². The lowest BCUT2D eigenvalue weighted by atomic mass is 9.92. The predicted octanol–water partition coefficient (Wildman–Crippen LogP) is 12.3. The Morgan fingerprint density at radius 1 is 0.327 bits per heavy atom. The number of hydrogen-bond donors (Lipinski definition) is 0. The molecule has 2 heterocycles. The van der Waals surface area contributed by atoms with Crippen molar-refractivity contribution in [1.29, 1.82) is 0 Å². The van der Waals surface area contributed by atoms with Crippen molar-refractivity contribution in [3.63, 3.8) is 0 Å². The van der Waals surface area contributed by atoms with Crippen molar-refractivity contribution in [1.82, 2.24) is 9.13 Å². The van der Waals surface area contributed by atoms with Crippen molar-refractivity contribution < 1.29 is 0 Å². The fourth-order valence-electron chi connectivity index (χ4n) is 8.77. The Morgan fingerprint density at radius 2 is 0.837 bits per heavy atom. The van der Waals surface area contributed by atoms with E-state index in [0.29, 0.717) is 0 Å². The maximum atomic E-state index is 2.53. The molecular weight excluding hydrogens is 593 g/mol. The highest BCUT2D eigenvalue weighted by molar-refractivity contribution is 6.29. The summed E-state index contributed by atoms with van der Waals surface area (Å²) < 4.78 is 4.95. The monoisotopic (exact) mass is 622 g/mol. The largest absolute Gasteiger partial charge is 0.309 e. The minimum absolute atomic E-state index is 0.893. The number of fused-ring (bicyclic) bond motifs is 11. The molecule has 0 aliphatic heterocycles. The van der Waals surface area contributed by atoms with Gasteiger partial charge < -0.3 is 9.13 Å². The molecule has 2 heteroatoms. The van der Waals surface area contributed by atoms with Crippen molar-refractivity contribution in [3.05, 3.63) is 181 Å². The first kappa shape index (κ1) is 26.7. The fourth-order valence-corrected chi connectivity index (χ4v) is 8.77. The highest BCUT2D eigenvalue weighted by atomic mass is 15.0. The fraction of sp³-hybridized carbons (Fsp3) is 0.0213. The summed E-state index contributed by atoms with van der Waals surface area (Å²) in [5.41, 5.74) is 15.5. The van der Waals surface area contributed by atoms with Gasteiger partial charge in [0.15, 0.2) is 0 Å². The minimum atomic E-state index is 0.893. The summed E-state index contributed by atoms with van der Waals surface area (Å²) in [5.74, 6) is 0. The van der Waals surface area contributed by atoms with E-state index in [1.807, 2.05) is 0 Å². The van der Waals surface area contributed by atoms with E-state index >= 15 is 0 Å². The van der Waals surface area contributed by atoms with Crippen LogP contribution in [0.1, 0.15) is 11.1 Å². The van der Waals surface area contributed by atoms with E-state index in [1.165, 1.54) is 99.1 Å². The SMILES string of the molecule is c1ccc(-n2c3ccccc3c3c4c5ccccc5n(-c5cccc6c5Cc5c-6cccc5-c5cccc6ccccc56)c4ccc32)cc1. The summed E-state index contributed by atoms with van der Waals surface area (Å²) >= 11 is 0. The average molecular weight is 623 g/mol. The van der Waals surface area contributed by atoms with E-state index in [0.717, 1.165) is 6.42 Å². The van der Waals surface area contributed by atoms with Crippen LogP contribution in [0.4, 0.5) is 0 Å². The minimum Gasteiger partial charge on any atom is -0.309 e. The first-order valence-corrected chi connectivity index (χ1v) is 17.1. The third kappa shape index (κ3) is 3.66. The van der Waals surface area contributed by atoms with Crippen molar-refractivity contribution in [2.75, 3.05) is 0 Å². The van der Waals surface area contributed by atoms with Crippen LogP contribution in [0.2, 0.25) is 0 Å². The van der Waals surface area contributed by atoms with Crippen LogP contribution in [0.25, 0.3) is 88.0 Å². The number of aromatic nitrogens is 2. The zero-order valence-electron chi connectivity index (χ0n) is 26.8. The van der Waals surface area contributed by atoms with Crippen LogP contribution in [-0.4, -0.2) is 9.13 Å². The molecular formula is C47H30N2. The molecule has 228 valence electrons. The summed E-state index contributed by atoms with van der Waals surface area (Å²) in [6.07, 6.45) is 0.893. The van der Waals surface area contributed by atoms with Gasteiger partial charge in [0.1, 0.15) is 0 Å². The molecule has 0 saturated carbocycles. The maximum absolute atomic E-state index is 2.53. The Hall–Kier alpha value is -6.38. The first-order chi connectivity index (χ1) is 24.3. The number of nitrogens with zero attached hydrogens (tertiary/aromatic N) is 2. The van der Waals surface area contributed by atoms with Gasteiger partial charge in [-0.15, -0.1) is 0 Å². The summed E-state index contributed by atoms with van der Waals surface area (Å²) in [7, 11) is 0. The van der Waals surface area contributed by atoms with Gasteiger partial charge in [-0.25, -0.2) is 0 Å². The van der Waals surface area contributed by atoms with Crippen molar-refractivity contribution >= 4 is 54.4 Å². The number of para-hydroxylation sites is 3. The molecule has 10 aromatic rings. The third-order valence-corrected chi connectivity index (χ3v) is 10.8. The number of benzene rings is 8. The summed E-state index contributed by atoms with van der Waals surface area (Å²) in [4.78, 5) is 0. The summed E-state index contributed by atoms with van der Waals surface area (Å²) in [6, 6.07) is 62.4. The van der Waals surface area contributed by atoms with E-state index in [9.17, 15) is 0 Å². The Labute approximate surface area is 283 Å². The molecule has 2 nitrogen and oxygen atoms in total. The van der Waals surface area contributed by atoms with Gasteiger partial charge in [-0.1, -0.05) is 127 Å². The zero-order chi connectivity index (χ0) is 32.1. The molecule has 0 bridgehead atoms. The van der Waals surface area contributed by atoms with E-state index in [-0.39, 0.29) is 0 Å². The molecule has 0 atom stereocenters. The lowest BCUT2D eigenvalue weighted by molar-refractivity contribution is 1.12. The number of hydrogen-bond acceptors (Lipinski definition) is 0. The zero-order valence-corrected chi connectivity index (χ0v) is 26.8. The molecule has 0 saturated heterocycles. The van der Waals surface area contributed by atoms with Gasteiger partial charge in [0.05, 0.1) is 27.8 Å². The average Bonchev–Trinajstić information content (AvgIpc) is 3.83. The Balaban J connectivity index is 1.18. The standard InChI is InChI=1S/C47H30N2/c1-2-15-31(16-3-1)48-41-24-8-6-18-37(41)46-44(48)27-28-45-47(46)38-19-7-9-25-42(38)49(45)43-26-12-23-36-35-22-11-21-34(39(35)29-40(36)43)33-20-10-14-30-13-4-5-17-32(30)33/h1-28H,29H2. The number of rotatable bonds is 3. The van der Waals surface area contributed by atoms with Crippen LogP contribution in [0.15, 0.2) is 170 Å².